The molecule has 0 fully saturated rings. The molecule has 0 aromatic heterocycles. The number of allylic oxidation sites excluding steroid dienone is 8. The van der Waals surface area contributed by atoms with Gasteiger partial charge in [-0.2, -0.15) is 9.15 Å². The maximum absolute atomic E-state index is 11.9. The Kier molecular flexibility index (Phi) is 21.3. The van der Waals surface area contributed by atoms with Crippen molar-refractivity contribution in [3.05, 3.63) is 210 Å². The fourth-order valence-electron chi connectivity index (χ4n) is 13.6. The van der Waals surface area contributed by atoms with Gasteiger partial charge in [0.05, 0.1) is 33.8 Å². The standard InChI is InChI=1S/C38H46N2O5S.C38H46N2O4S/c1-6-7-8-11-24-39-34-23-22-30(46(42,43)44)27-32(34)38(4,5)36(39)17-12-16-35-37(2,3)31-14-9-10-15-33(31)40(35)25-13-26-45-29-20-18-28(41)19-21-29;1-6-7-8-14-25-39-34-24-23-30(45(41,42)43)28-32(34)38(4,5)36(39)22-15-21-35-37(2,3)31-19-12-13-20-33(31)40(35)26-16-27-44-29-17-10-9-11-18-29/h9-10,12,14-23,27H,6-8,11,13,24-26H2,1-5H3,(H-,41,42,43,44);9-13,15,17-24,28H,6-8,14,16,25-27H2,1-5H3. The lowest BCUT2D eigenvalue weighted by molar-refractivity contribution is -0.438. The second kappa shape index (κ2) is 28.5. The maximum atomic E-state index is 11.9. The quantitative estimate of drug-likeness (QED) is 0.0312. The molecule has 482 valence electrons. The van der Waals surface area contributed by atoms with Crippen molar-refractivity contribution in [3.8, 4) is 17.2 Å². The molecule has 0 atom stereocenters. The summed E-state index contributed by atoms with van der Waals surface area (Å²) in [6, 6.07) is 43.5. The Labute approximate surface area is 542 Å². The van der Waals surface area contributed by atoms with Crippen LogP contribution in [0.4, 0.5) is 22.7 Å². The van der Waals surface area contributed by atoms with E-state index < -0.39 is 31.1 Å². The Morgan fingerprint density at radius 3 is 1.26 bits per heavy atom. The number of benzene rings is 6. The van der Waals surface area contributed by atoms with E-state index in [4.69, 9.17) is 9.47 Å². The number of unbranched alkanes of at least 4 members (excludes halogenated alkanes) is 6. The molecule has 15 heteroatoms. The molecule has 6 aromatic carbocycles. The summed E-state index contributed by atoms with van der Waals surface area (Å²) in [6.45, 7) is 26.3. The predicted octanol–water partition coefficient (Wildman–Crippen LogP) is 16.2. The highest BCUT2D eigenvalue weighted by atomic mass is 32.2. The summed E-state index contributed by atoms with van der Waals surface area (Å²) in [4.78, 5) is 4.25. The molecule has 0 aliphatic carbocycles. The van der Waals surface area contributed by atoms with Crippen LogP contribution in [-0.2, 0) is 41.9 Å². The third-order valence-electron chi connectivity index (χ3n) is 18.6. The number of para-hydroxylation sites is 3. The lowest BCUT2D eigenvalue weighted by Gasteiger charge is -2.27. The van der Waals surface area contributed by atoms with Crippen molar-refractivity contribution >= 4 is 54.4 Å². The monoisotopic (exact) mass is 1270 g/mol. The lowest BCUT2D eigenvalue weighted by Crippen LogP contribution is -2.28. The molecule has 0 bridgehead atoms. The van der Waals surface area contributed by atoms with E-state index >= 15 is 0 Å². The first kappa shape index (κ1) is 67.8. The van der Waals surface area contributed by atoms with Gasteiger partial charge in [-0.05, 0) is 137 Å². The third-order valence-corrected chi connectivity index (χ3v) is 20.2. The maximum Gasteiger partial charge on any atom is 0.209 e. The van der Waals surface area contributed by atoms with Crippen molar-refractivity contribution < 1.29 is 49.7 Å². The molecule has 10 rings (SSSR count). The Morgan fingerprint density at radius 2 is 0.857 bits per heavy atom. The van der Waals surface area contributed by atoms with Crippen molar-refractivity contribution in [2.45, 2.75) is 165 Å². The number of rotatable bonds is 26. The van der Waals surface area contributed by atoms with Crippen LogP contribution in [0.25, 0.3) is 0 Å². The fourth-order valence-corrected chi connectivity index (χ4v) is 14.6. The molecule has 4 aliphatic rings. The molecule has 0 saturated carbocycles. The van der Waals surface area contributed by atoms with E-state index in [1.54, 1.807) is 48.5 Å². The zero-order valence-electron chi connectivity index (χ0n) is 54.9. The molecule has 13 nitrogen and oxygen atoms in total. The minimum Gasteiger partial charge on any atom is -0.744 e. The number of phenols is 1. The number of aromatic hydroxyl groups is 1. The summed E-state index contributed by atoms with van der Waals surface area (Å²) in [6.07, 6.45) is 23.7. The minimum absolute atomic E-state index is 0.176. The predicted molar refractivity (Wildman–Crippen MR) is 366 cm³/mol. The van der Waals surface area contributed by atoms with Crippen LogP contribution in [0, 0.1) is 0 Å². The molecule has 4 heterocycles. The molecular weight excluding hydrogens is 1180 g/mol. The molecule has 0 unspecified atom stereocenters. The second-order valence-electron chi connectivity index (χ2n) is 26.3. The van der Waals surface area contributed by atoms with E-state index in [9.17, 15) is 31.0 Å². The van der Waals surface area contributed by atoms with Crippen molar-refractivity contribution in [2.75, 3.05) is 49.2 Å². The number of hydrogen-bond acceptors (Lipinski definition) is 11. The van der Waals surface area contributed by atoms with E-state index in [-0.39, 0.29) is 26.4 Å². The number of phenolic OH excluding ortho intramolecular Hbond substituents is 1. The number of ether oxygens (including phenoxy) is 2. The van der Waals surface area contributed by atoms with Crippen LogP contribution in [-0.4, -0.2) is 91.0 Å². The van der Waals surface area contributed by atoms with Gasteiger partial charge < -0.3 is 33.5 Å². The van der Waals surface area contributed by atoms with E-state index in [0.717, 1.165) is 123 Å². The number of nitrogens with zero attached hydrogens (tertiary/aromatic N) is 4. The number of anilines is 2. The van der Waals surface area contributed by atoms with Crippen LogP contribution in [0.2, 0.25) is 0 Å². The van der Waals surface area contributed by atoms with Crippen LogP contribution in [0.15, 0.2) is 197 Å². The zero-order chi connectivity index (χ0) is 65.4. The van der Waals surface area contributed by atoms with Gasteiger partial charge >= 0.3 is 0 Å². The third kappa shape index (κ3) is 15.0. The largest absolute Gasteiger partial charge is 0.744 e. The van der Waals surface area contributed by atoms with Crippen molar-refractivity contribution in [2.24, 2.45) is 0 Å². The van der Waals surface area contributed by atoms with E-state index in [2.05, 4.69) is 173 Å². The molecule has 4 aliphatic heterocycles. The summed E-state index contributed by atoms with van der Waals surface area (Å²) in [7, 11) is -9.12. The highest BCUT2D eigenvalue weighted by molar-refractivity contribution is 7.86. The smallest absolute Gasteiger partial charge is 0.209 e. The average molecular weight is 1270 g/mol. The van der Waals surface area contributed by atoms with Crippen LogP contribution in [0.1, 0.15) is 156 Å². The summed E-state index contributed by atoms with van der Waals surface area (Å²) in [5, 5.41) is 9.56. The first-order chi connectivity index (χ1) is 43.3. The Balaban J connectivity index is 0.000000215. The Morgan fingerprint density at radius 1 is 0.462 bits per heavy atom. The van der Waals surface area contributed by atoms with Crippen LogP contribution in [0.3, 0.4) is 0 Å². The molecular formula is C76H92N4O9S2. The van der Waals surface area contributed by atoms with Crippen LogP contribution in [0.5, 0.6) is 17.2 Å². The van der Waals surface area contributed by atoms with E-state index in [1.807, 2.05) is 30.3 Å². The highest BCUT2D eigenvalue weighted by Crippen LogP contribution is 2.51. The van der Waals surface area contributed by atoms with Crippen LogP contribution < -0.4 is 19.3 Å². The molecule has 0 saturated heterocycles. The van der Waals surface area contributed by atoms with Gasteiger partial charge in [-0.15, -0.1) is 0 Å². The molecule has 6 aromatic rings. The normalized spacial score (nSPS) is 17.7. The highest BCUT2D eigenvalue weighted by Gasteiger charge is 2.46. The summed E-state index contributed by atoms with van der Waals surface area (Å²) < 4.78 is 88.2. The number of hydrogen-bond donors (Lipinski definition) is 1. The van der Waals surface area contributed by atoms with Gasteiger partial charge in [-0.25, -0.2) is 16.8 Å². The minimum atomic E-state index is -4.56. The zero-order valence-corrected chi connectivity index (χ0v) is 56.5. The van der Waals surface area contributed by atoms with Crippen molar-refractivity contribution in [1.29, 1.82) is 0 Å². The van der Waals surface area contributed by atoms with Gasteiger partial charge in [0.1, 0.15) is 37.5 Å². The SMILES string of the molecule is CCCCCCN1/C(=C/C=C/C2=[N+](CCCOc3ccc(O)cc3)c3ccccc3C2(C)C)C(C)(C)c2cc(S(=O)(=O)[O-])ccc21.CCCCCCN1/C(=C/C=C/C2=[N+](CCCOc3ccccc3)c3ccccc3C2(C)C)C(C)(C)c2cc(S(=O)(=O)[O-])ccc21. The van der Waals surface area contributed by atoms with Gasteiger partial charge in [0.25, 0.3) is 0 Å². The van der Waals surface area contributed by atoms with Gasteiger partial charge in [-0.3, -0.25) is 0 Å². The second-order valence-corrected chi connectivity index (χ2v) is 29.1. The summed E-state index contributed by atoms with van der Waals surface area (Å²) >= 11 is 0. The van der Waals surface area contributed by atoms with Gasteiger partial charge in [-0.1, -0.05) is 147 Å². The topological polar surface area (TPSA) is 166 Å². The van der Waals surface area contributed by atoms with Gasteiger partial charge in [0, 0.05) is 94.9 Å². The molecule has 0 radical (unpaired) electrons. The molecule has 1 N–H and O–H groups in total. The van der Waals surface area contributed by atoms with Gasteiger partial charge in [0.2, 0.25) is 11.4 Å². The number of fused-ring (bicyclic) bond motifs is 4. The van der Waals surface area contributed by atoms with Crippen molar-refractivity contribution in [1.82, 2.24) is 0 Å². The molecule has 91 heavy (non-hydrogen) atoms. The van der Waals surface area contributed by atoms with E-state index in [0.29, 0.717) is 13.2 Å². The summed E-state index contributed by atoms with van der Waals surface area (Å²) in [5.74, 6) is 1.83. The fraction of sp³-hybridized carbons (Fsp3) is 0.395. The first-order valence-electron chi connectivity index (χ1n) is 32.4. The Hall–Kier alpha value is -7.56. The molecule has 0 amide bonds. The molecule has 0 spiro atoms. The lowest BCUT2D eigenvalue weighted by atomic mass is 9.81. The Bertz CT molecular complexity index is 4010. The average Bonchev–Trinajstić information content (AvgIpc) is 1.65. The van der Waals surface area contributed by atoms with Crippen molar-refractivity contribution in [3.63, 3.8) is 0 Å². The van der Waals surface area contributed by atoms with E-state index in [1.165, 1.54) is 58.9 Å². The first-order valence-corrected chi connectivity index (χ1v) is 35.3. The van der Waals surface area contributed by atoms with Crippen LogP contribution >= 0.6 is 0 Å². The summed E-state index contributed by atoms with van der Waals surface area (Å²) in [5.41, 5.74) is 11.9. The van der Waals surface area contributed by atoms with Gasteiger partial charge in [0.15, 0.2) is 24.5 Å².